The monoisotopic (exact) mass is 386 g/mol. The molecule has 0 saturated carbocycles. The first-order valence-electron chi connectivity index (χ1n) is 8.81. The number of amides is 1. The Balaban J connectivity index is 1.50. The highest BCUT2D eigenvalue weighted by atomic mass is 35.5. The van der Waals surface area contributed by atoms with Crippen LogP contribution in [-0.4, -0.2) is 20.9 Å². The Kier molecular flexibility index (Phi) is 3.88. The van der Waals surface area contributed by atoms with Crippen molar-refractivity contribution in [2.45, 2.75) is 0 Å². The molecule has 3 N–H and O–H groups in total. The molecular formula is C22H15ClN4O. The molecule has 0 spiro atoms. The van der Waals surface area contributed by atoms with Gasteiger partial charge >= 0.3 is 0 Å². The van der Waals surface area contributed by atoms with Gasteiger partial charge in [0.25, 0.3) is 5.91 Å². The van der Waals surface area contributed by atoms with Gasteiger partial charge in [-0.15, -0.1) is 0 Å². The van der Waals surface area contributed by atoms with Crippen molar-refractivity contribution in [1.29, 1.82) is 0 Å². The van der Waals surface area contributed by atoms with Gasteiger partial charge < -0.3 is 15.3 Å². The Morgan fingerprint density at radius 2 is 1.71 bits per heavy atom. The summed E-state index contributed by atoms with van der Waals surface area (Å²) in [5, 5.41) is 4.53. The molecule has 1 amide bonds. The molecular weight excluding hydrogens is 372 g/mol. The van der Waals surface area contributed by atoms with Gasteiger partial charge in [-0.25, -0.2) is 4.98 Å². The number of rotatable bonds is 3. The van der Waals surface area contributed by atoms with Crippen LogP contribution in [-0.2, 0) is 0 Å². The summed E-state index contributed by atoms with van der Waals surface area (Å²) in [7, 11) is 0. The molecule has 0 bridgehead atoms. The zero-order valence-corrected chi connectivity index (χ0v) is 15.4. The lowest BCUT2D eigenvalue weighted by molar-refractivity contribution is 0.102. The van der Waals surface area contributed by atoms with E-state index in [4.69, 9.17) is 11.6 Å². The van der Waals surface area contributed by atoms with Gasteiger partial charge in [0.1, 0.15) is 11.5 Å². The Morgan fingerprint density at radius 3 is 2.61 bits per heavy atom. The predicted molar refractivity (Wildman–Crippen MR) is 113 cm³/mol. The molecule has 0 aliphatic carbocycles. The van der Waals surface area contributed by atoms with Crippen LogP contribution < -0.4 is 5.32 Å². The molecule has 5 aromatic rings. The summed E-state index contributed by atoms with van der Waals surface area (Å²) in [5.74, 6) is 0.483. The molecule has 0 radical (unpaired) electrons. The highest BCUT2D eigenvalue weighted by Gasteiger charge is 2.14. The molecule has 2 heterocycles. The standard InChI is InChI=1S/C22H15ClN4O/c23-14-10-9-13-11-20(24-19(13)12-14)22(28)27-16-6-2-1-5-15(16)21-25-17-7-3-4-8-18(17)26-21/h1-12,24H,(H,25,26)(H,27,28). The van der Waals surface area contributed by atoms with Crippen LogP contribution in [0, 0.1) is 0 Å². The summed E-state index contributed by atoms with van der Waals surface area (Å²) in [4.78, 5) is 23.9. The van der Waals surface area contributed by atoms with Crippen molar-refractivity contribution in [3.05, 3.63) is 83.5 Å². The van der Waals surface area contributed by atoms with Crippen molar-refractivity contribution < 1.29 is 4.79 Å². The van der Waals surface area contributed by atoms with E-state index < -0.39 is 0 Å². The number of hydrogen-bond acceptors (Lipinski definition) is 2. The largest absolute Gasteiger partial charge is 0.350 e. The molecule has 5 rings (SSSR count). The number of carbonyl (C=O) groups is 1. The fraction of sp³-hybridized carbons (Fsp3) is 0. The molecule has 3 aromatic carbocycles. The third-order valence-corrected chi connectivity index (χ3v) is 4.88. The van der Waals surface area contributed by atoms with Crippen molar-refractivity contribution in [3.63, 3.8) is 0 Å². The highest BCUT2D eigenvalue weighted by molar-refractivity contribution is 6.31. The molecule has 28 heavy (non-hydrogen) atoms. The minimum Gasteiger partial charge on any atom is -0.350 e. The van der Waals surface area contributed by atoms with Gasteiger partial charge in [0.2, 0.25) is 0 Å². The van der Waals surface area contributed by atoms with Crippen LogP contribution in [0.5, 0.6) is 0 Å². The van der Waals surface area contributed by atoms with E-state index in [9.17, 15) is 4.79 Å². The van der Waals surface area contributed by atoms with E-state index in [1.165, 1.54) is 0 Å². The first-order chi connectivity index (χ1) is 13.7. The number of nitrogens with zero attached hydrogens (tertiary/aromatic N) is 1. The molecule has 0 fully saturated rings. The quantitative estimate of drug-likeness (QED) is 0.376. The van der Waals surface area contributed by atoms with Gasteiger partial charge in [-0.05, 0) is 42.5 Å². The summed E-state index contributed by atoms with van der Waals surface area (Å²) in [6.07, 6.45) is 0. The maximum Gasteiger partial charge on any atom is 0.272 e. The van der Waals surface area contributed by atoms with E-state index >= 15 is 0 Å². The minimum atomic E-state index is -0.226. The van der Waals surface area contributed by atoms with E-state index in [0.29, 0.717) is 22.2 Å². The average Bonchev–Trinajstić information content (AvgIpc) is 3.32. The van der Waals surface area contributed by atoms with Gasteiger partial charge in [-0.3, -0.25) is 4.79 Å². The van der Waals surface area contributed by atoms with Crippen LogP contribution in [0.3, 0.4) is 0 Å². The van der Waals surface area contributed by atoms with Gasteiger partial charge in [0, 0.05) is 21.5 Å². The Labute approximate surface area is 165 Å². The smallest absolute Gasteiger partial charge is 0.272 e. The topological polar surface area (TPSA) is 73.6 Å². The average molecular weight is 387 g/mol. The van der Waals surface area contributed by atoms with E-state index in [1.807, 2.05) is 60.7 Å². The van der Waals surface area contributed by atoms with E-state index in [2.05, 4.69) is 20.3 Å². The maximum absolute atomic E-state index is 12.8. The van der Waals surface area contributed by atoms with Crippen LogP contribution in [0.4, 0.5) is 5.69 Å². The van der Waals surface area contributed by atoms with Gasteiger partial charge in [-0.1, -0.05) is 41.9 Å². The number of aromatic amines is 2. The molecule has 0 aliphatic heterocycles. The minimum absolute atomic E-state index is 0.226. The number of fused-ring (bicyclic) bond motifs is 2. The van der Waals surface area contributed by atoms with Crippen LogP contribution in [0.1, 0.15) is 10.5 Å². The second-order valence-electron chi connectivity index (χ2n) is 6.52. The fourth-order valence-electron chi connectivity index (χ4n) is 3.29. The van der Waals surface area contributed by atoms with Crippen molar-refractivity contribution in [2.75, 3.05) is 5.32 Å². The second kappa shape index (κ2) is 6.55. The zero-order chi connectivity index (χ0) is 19.1. The molecule has 0 unspecified atom stereocenters. The molecule has 2 aromatic heterocycles. The molecule has 0 atom stereocenters. The second-order valence-corrected chi connectivity index (χ2v) is 6.95. The summed E-state index contributed by atoms with van der Waals surface area (Å²) >= 11 is 6.03. The van der Waals surface area contributed by atoms with E-state index in [0.717, 1.165) is 27.5 Å². The van der Waals surface area contributed by atoms with Crippen LogP contribution in [0.2, 0.25) is 5.02 Å². The van der Waals surface area contributed by atoms with Crippen LogP contribution in [0.25, 0.3) is 33.3 Å². The highest BCUT2D eigenvalue weighted by Crippen LogP contribution is 2.28. The Hall–Kier alpha value is -3.57. The Morgan fingerprint density at radius 1 is 0.893 bits per heavy atom. The lowest BCUT2D eigenvalue weighted by Crippen LogP contribution is -2.13. The van der Waals surface area contributed by atoms with E-state index in [-0.39, 0.29) is 5.91 Å². The van der Waals surface area contributed by atoms with Crippen molar-refractivity contribution in [2.24, 2.45) is 0 Å². The maximum atomic E-state index is 12.8. The Bertz CT molecular complexity index is 1300. The van der Waals surface area contributed by atoms with E-state index in [1.54, 1.807) is 12.1 Å². The predicted octanol–water partition coefficient (Wildman–Crippen LogP) is 5.62. The number of H-pyrrole nitrogens is 2. The summed E-state index contributed by atoms with van der Waals surface area (Å²) in [5.41, 5.74) is 4.63. The van der Waals surface area contributed by atoms with Crippen molar-refractivity contribution in [3.8, 4) is 11.4 Å². The first kappa shape index (κ1) is 16.6. The van der Waals surface area contributed by atoms with Crippen LogP contribution in [0.15, 0.2) is 72.8 Å². The van der Waals surface area contributed by atoms with Crippen molar-refractivity contribution in [1.82, 2.24) is 15.0 Å². The number of carbonyl (C=O) groups excluding carboxylic acids is 1. The molecule has 6 heteroatoms. The first-order valence-corrected chi connectivity index (χ1v) is 9.19. The lowest BCUT2D eigenvalue weighted by Gasteiger charge is -2.08. The number of nitrogens with one attached hydrogen (secondary N) is 3. The summed E-state index contributed by atoms with van der Waals surface area (Å²) in [6.45, 7) is 0. The summed E-state index contributed by atoms with van der Waals surface area (Å²) in [6, 6.07) is 22.7. The van der Waals surface area contributed by atoms with Crippen LogP contribution >= 0.6 is 11.6 Å². The number of halogens is 1. The number of benzene rings is 3. The number of imidazole rings is 1. The fourth-order valence-corrected chi connectivity index (χ4v) is 3.46. The zero-order valence-electron chi connectivity index (χ0n) is 14.7. The van der Waals surface area contributed by atoms with Gasteiger partial charge in [0.15, 0.2) is 0 Å². The SMILES string of the molecule is O=C(Nc1ccccc1-c1nc2ccccc2[nH]1)c1cc2ccc(Cl)cc2[nH]1. The lowest BCUT2D eigenvalue weighted by atomic mass is 10.1. The van der Waals surface area contributed by atoms with Crippen molar-refractivity contribution >= 4 is 45.1 Å². The third-order valence-electron chi connectivity index (χ3n) is 4.65. The molecule has 0 aliphatic rings. The van der Waals surface area contributed by atoms with Gasteiger partial charge in [0.05, 0.1) is 16.7 Å². The molecule has 136 valence electrons. The molecule has 5 nitrogen and oxygen atoms in total. The third kappa shape index (κ3) is 2.92. The normalized spacial score (nSPS) is 11.2. The number of para-hydroxylation sites is 3. The summed E-state index contributed by atoms with van der Waals surface area (Å²) < 4.78 is 0. The number of aromatic nitrogens is 3. The van der Waals surface area contributed by atoms with Gasteiger partial charge in [-0.2, -0.15) is 0 Å². The number of hydrogen-bond donors (Lipinski definition) is 3. The molecule has 0 saturated heterocycles. The number of anilines is 1.